The Morgan fingerprint density at radius 2 is 1.59 bits per heavy atom. The van der Waals surface area contributed by atoms with Crippen LogP contribution in [0.3, 0.4) is 0 Å². The number of amides is 2. The van der Waals surface area contributed by atoms with Crippen molar-refractivity contribution in [2.45, 2.75) is 11.3 Å². The van der Waals surface area contributed by atoms with E-state index in [1.54, 1.807) is 48.4 Å². The van der Waals surface area contributed by atoms with E-state index in [2.05, 4.69) is 5.43 Å². The number of urea groups is 1. The lowest BCUT2D eigenvalue weighted by atomic mass is 9.80. The molecular weight excluding hydrogens is 450 g/mol. The van der Waals surface area contributed by atoms with Crippen molar-refractivity contribution in [2.75, 3.05) is 19.5 Å². The highest BCUT2D eigenvalue weighted by molar-refractivity contribution is 7.07. The predicted molar refractivity (Wildman–Crippen MR) is 128 cm³/mol. The third-order valence-electron chi connectivity index (χ3n) is 6.59. The molecule has 0 spiro atoms. The minimum Gasteiger partial charge on any atom is -0.465 e. The molecule has 0 radical (unpaired) electrons. The van der Waals surface area contributed by atoms with Crippen LogP contribution in [0.4, 0.5) is 4.79 Å². The molecule has 0 saturated carbocycles. The molecule has 9 heteroatoms. The van der Waals surface area contributed by atoms with Gasteiger partial charge in [-0.1, -0.05) is 72.0 Å². The second kappa shape index (κ2) is 7.19. The monoisotopic (exact) mass is 471 g/mol. The summed E-state index contributed by atoms with van der Waals surface area (Å²) in [6.07, 6.45) is 3.27. The highest BCUT2D eigenvalue weighted by atomic mass is 32.1. The first-order valence-corrected chi connectivity index (χ1v) is 11.6. The van der Waals surface area contributed by atoms with Crippen molar-refractivity contribution in [3.63, 3.8) is 0 Å². The Hall–Kier alpha value is -4.11. The molecule has 2 unspecified atom stereocenters. The molecule has 2 aliphatic rings. The Morgan fingerprint density at radius 3 is 2.24 bits per heavy atom. The van der Waals surface area contributed by atoms with Crippen molar-refractivity contribution in [1.82, 2.24) is 14.5 Å². The van der Waals surface area contributed by atoms with Gasteiger partial charge in [-0.25, -0.2) is 9.79 Å². The first-order valence-electron chi connectivity index (χ1n) is 10.8. The molecule has 0 aliphatic carbocycles. The Labute approximate surface area is 198 Å². The highest BCUT2D eigenvalue weighted by Gasteiger charge is 2.69. The number of thiazole rings is 1. The molecular formula is C25H21N5O3S. The molecule has 4 aromatic rings. The summed E-state index contributed by atoms with van der Waals surface area (Å²) >= 11 is 1.25. The molecule has 1 saturated heterocycles. The van der Waals surface area contributed by atoms with Gasteiger partial charge in [0.2, 0.25) is 16.1 Å². The lowest BCUT2D eigenvalue weighted by Crippen LogP contribution is -2.67. The van der Waals surface area contributed by atoms with Crippen LogP contribution in [0, 0.1) is 0 Å². The molecule has 34 heavy (non-hydrogen) atoms. The maximum Gasteiger partial charge on any atom is 0.324 e. The Kier molecular flexibility index (Phi) is 4.34. The van der Waals surface area contributed by atoms with Crippen molar-refractivity contribution in [1.29, 1.82) is 0 Å². The molecule has 2 aliphatic heterocycles. The fourth-order valence-corrected chi connectivity index (χ4v) is 5.97. The summed E-state index contributed by atoms with van der Waals surface area (Å²) in [4.78, 5) is 35.9. The van der Waals surface area contributed by atoms with Gasteiger partial charge in [-0.15, -0.1) is 0 Å². The molecule has 4 heterocycles. The molecule has 2 aromatic heterocycles. The fourth-order valence-electron chi connectivity index (χ4n) is 5.02. The SMILES string of the molecule is CN1C(=O)N(C)C2(c3ccccc3)Nn3c(s/c(=C\c4ccco4)c3=O)=NC12c1ccccc1. The van der Waals surface area contributed by atoms with E-state index in [0.717, 1.165) is 11.1 Å². The number of furan rings is 1. The molecule has 1 N–H and O–H groups in total. The quantitative estimate of drug-likeness (QED) is 0.497. The standard InChI is InChI=1S/C25H21N5O3S/c1-28-23(32)29(2)25(18-12-7-4-8-13-18)24(28,17-10-5-3-6-11-17)26-22-30(27-25)21(31)20(34-22)16-19-14-9-15-33-19/h3-16,27H,1-2H3/b20-16-. The summed E-state index contributed by atoms with van der Waals surface area (Å²) in [6.45, 7) is 0. The minimum absolute atomic E-state index is 0.213. The zero-order valence-corrected chi connectivity index (χ0v) is 19.3. The predicted octanol–water partition coefficient (Wildman–Crippen LogP) is 2.21. The van der Waals surface area contributed by atoms with Crippen LogP contribution in [-0.2, 0) is 11.3 Å². The molecule has 170 valence electrons. The number of nitrogens with zero attached hydrogens (tertiary/aromatic N) is 4. The zero-order valence-electron chi connectivity index (χ0n) is 18.5. The minimum atomic E-state index is -1.18. The van der Waals surface area contributed by atoms with Crippen LogP contribution in [0.2, 0.25) is 0 Å². The molecule has 8 nitrogen and oxygen atoms in total. The Bertz CT molecular complexity index is 1560. The van der Waals surface area contributed by atoms with Crippen LogP contribution >= 0.6 is 11.3 Å². The van der Waals surface area contributed by atoms with Crippen molar-refractivity contribution in [3.05, 3.63) is 116 Å². The number of likely N-dealkylation sites (N-methyl/N-ethyl adjacent to an activating group) is 2. The van der Waals surface area contributed by atoms with Crippen molar-refractivity contribution in [3.8, 4) is 0 Å². The third kappa shape index (κ3) is 2.50. The van der Waals surface area contributed by atoms with E-state index in [9.17, 15) is 9.59 Å². The van der Waals surface area contributed by atoms with Gasteiger partial charge >= 0.3 is 6.03 Å². The van der Waals surface area contributed by atoms with E-state index in [1.807, 2.05) is 60.7 Å². The summed E-state index contributed by atoms with van der Waals surface area (Å²) in [5, 5.41) is 0. The van der Waals surface area contributed by atoms with Crippen molar-refractivity contribution >= 4 is 23.4 Å². The van der Waals surface area contributed by atoms with E-state index >= 15 is 0 Å². The normalized spacial score (nSPS) is 23.9. The van der Waals surface area contributed by atoms with E-state index in [4.69, 9.17) is 9.41 Å². The molecule has 1 fully saturated rings. The number of aromatic nitrogens is 1. The first kappa shape index (κ1) is 20.5. The number of rotatable bonds is 3. The van der Waals surface area contributed by atoms with Crippen LogP contribution < -0.4 is 20.3 Å². The number of carbonyl (C=O) groups is 1. The van der Waals surface area contributed by atoms with Gasteiger partial charge in [-0.2, -0.15) is 4.68 Å². The van der Waals surface area contributed by atoms with Crippen LogP contribution in [0.15, 0.2) is 93.3 Å². The zero-order chi connectivity index (χ0) is 23.5. The van der Waals surface area contributed by atoms with E-state index in [0.29, 0.717) is 15.1 Å². The smallest absolute Gasteiger partial charge is 0.324 e. The number of carbonyl (C=O) groups excluding carboxylic acids is 1. The largest absolute Gasteiger partial charge is 0.465 e. The lowest BCUT2D eigenvalue weighted by molar-refractivity contribution is 0.0648. The number of hydrogen-bond acceptors (Lipinski definition) is 6. The average molecular weight is 472 g/mol. The highest BCUT2D eigenvalue weighted by Crippen LogP contribution is 2.53. The van der Waals surface area contributed by atoms with Crippen molar-refractivity contribution < 1.29 is 9.21 Å². The summed E-state index contributed by atoms with van der Waals surface area (Å²) in [7, 11) is 3.48. The van der Waals surface area contributed by atoms with Gasteiger partial charge in [0.1, 0.15) is 10.3 Å². The maximum absolute atomic E-state index is 13.5. The van der Waals surface area contributed by atoms with Crippen LogP contribution in [0.5, 0.6) is 0 Å². The van der Waals surface area contributed by atoms with Gasteiger partial charge < -0.3 is 4.42 Å². The number of hydrogen-bond donors (Lipinski definition) is 1. The Balaban J connectivity index is 1.74. The van der Waals surface area contributed by atoms with Crippen LogP contribution in [-0.4, -0.2) is 34.6 Å². The van der Waals surface area contributed by atoms with E-state index in [1.165, 1.54) is 16.0 Å². The second-order valence-corrected chi connectivity index (χ2v) is 9.30. The summed E-state index contributed by atoms with van der Waals surface area (Å²) in [5.41, 5.74) is 2.48. The third-order valence-corrected chi connectivity index (χ3v) is 7.56. The van der Waals surface area contributed by atoms with Crippen molar-refractivity contribution in [2.24, 2.45) is 4.99 Å². The maximum atomic E-state index is 13.5. The molecule has 2 aromatic carbocycles. The van der Waals surface area contributed by atoms with Gasteiger partial charge in [0.15, 0.2) is 0 Å². The topological polar surface area (TPSA) is 83.1 Å². The van der Waals surface area contributed by atoms with Gasteiger partial charge in [0.05, 0.1) is 6.26 Å². The Morgan fingerprint density at radius 1 is 0.912 bits per heavy atom. The molecule has 2 atom stereocenters. The summed E-state index contributed by atoms with van der Waals surface area (Å²) < 4.78 is 7.33. The number of benzene rings is 2. The fraction of sp³-hybridized carbons (Fsp3) is 0.160. The van der Waals surface area contributed by atoms with E-state index in [-0.39, 0.29) is 11.6 Å². The molecule has 0 bridgehead atoms. The second-order valence-electron chi connectivity index (χ2n) is 8.29. The summed E-state index contributed by atoms with van der Waals surface area (Å²) in [6, 6.07) is 22.7. The van der Waals surface area contributed by atoms with Crippen LogP contribution in [0.25, 0.3) is 6.08 Å². The summed E-state index contributed by atoms with van der Waals surface area (Å²) in [5.74, 6) is 0.580. The van der Waals surface area contributed by atoms with Gasteiger partial charge in [-0.05, 0) is 12.1 Å². The van der Waals surface area contributed by atoms with Gasteiger partial charge in [-0.3, -0.25) is 20.0 Å². The van der Waals surface area contributed by atoms with Crippen LogP contribution in [0.1, 0.15) is 16.9 Å². The van der Waals surface area contributed by atoms with Gasteiger partial charge in [0, 0.05) is 31.3 Å². The number of fused-ring (bicyclic) bond motifs is 2. The first-order chi connectivity index (χ1) is 16.5. The van der Waals surface area contributed by atoms with E-state index < -0.39 is 11.3 Å². The lowest BCUT2D eigenvalue weighted by Gasteiger charge is -2.49. The molecule has 6 rings (SSSR count). The molecule has 2 amide bonds. The number of nitrogens with one attached hydrogen (secondary N) is 1. The van der Waals surface area contributed by atoms with Gasteiger partial charge in [0.25, 0.3) is 5.56 Å². The average Bonchev–Trinajstić information content (AvgIpc) is 3.54.